The van der Waals surface area contributed by atoms with Gasteiger partial charge >= 0.3 is 0 Å². The zero-order valence-corrected chi connectivity index (χ0v) is 33.8. The second kappa shape index (κ2) is 11.5. The van der Waals surface area contributed by atoms with Crippen LogP contribution in [0.2, 0.25) is 26.2 Å². The van der Waals surface area contributed by atoms with Gasteiger partial charge in [-0.3, -0.25) is 0 Å². The van der Waals surface area contributed by atoms with Gasteiger partial charge in [0.25, 0.3) is 0 Å². The zero-order valence-electron chi connectivity index (χ0n) is 30.9. The Balaban J connectivity index is 1.11. The van der Waals surface area contributed by atoms with Crippen molar-refractivity contribution < 1.29 is 0 Å². The summed E-state index contributed by atoms with van der Waals surface area (Å²) in [5.74, 6) is 0. The molecule has 258 valence electrons. The molecule has 4 heteroatoms. The average molecular weight is 742 g/mol. The molecule has 3 heterocycles. The number of hydrogen-bond acceptors (Lipinski definition) is 2. The molecule has 0 atom stereocenters. The molecule has 1 aromatic heterocycles. The molecule has 0 spiro atoms. The lowest BCUT2D eigenvalue weighted by Gasteiger charge is -2.32. The lowest BCUT2D eigenvalue weighted by Crippen LogP contribution is -2.51. The van der Waals surface area contributed by atoms with E-state index in [0.29, 0.717) is 0 Å². The Morgan fingerprint density at radius 3 is 2.04 bits per heavy atom. The summed E-state index contributed by atoms with van der Waals surface area (Å²) in [7, 11) is -4.05. The molecule has 2 aliphatic rings. The predicted molar refractivity (Wildman–Crippen MR) is 241 cm³/mol. The Morgan fingerprint density at radius 1 is 0.444 bits per heavy atom. The zero-order chi connectivity index (χ0) is 36.3. The number of rotatable bonds is 4. The van der Waals surface area contributed by atoms with Gasteiger partial charge in [-0.1, -0.05) is 141 Å². The molecule has 11 rings (SSSR count). The van der Waals surface area contributed by atoms with Gasteiger partial charge in [0.15, 0.2) is 0 Å². The van der Waals surface area contributed by atoms with Crippen LogP contribution in [-0.2, 0) is 0 Å². The van der Waals surface area contributed by atoms with Gasteiger partial charge in [-0.25, -0.2) is 0 Å². The van der Waals surface area contributed by atoms with E-state index in [1.165, 1.54) is 96.9 Å². The average Bonchev–Trinajstić information content (AvgIpc) is 3.78. The molecule has 9 aromatic rings. The number of benzene rings is 8. The van der Waals surface area contributed by atoms with Crippen LogP contribution in [0.5, 0.6) is 0 Å². The van der Waals surface area contributed by atoms with E-state index >= 15 is 0 Å². The number of thiophene rings is 1. The first kappa shape index (κ1) is 32.0. The van der Waals surface area contributed by atoms with Crippen molar-refractivity contribution in [1.82, 2.24) is 0 Å². The minimum Gasteiger partial charge on any atom is -0.311 e. The van der Waals surface area contributed by atoms with Crippen molar-refractivity contribution >= 4 is 96.2 Å². The fourth-order valence-electron chi connectivity index (χ4n) is 9.77. The fourth-order valence-corrected chi connectivity index (χ4v) is 17.4. The molecule has 0 bridgehead atoms. The molecule has 0 N–H and O–H groups in total. The third-order valence-electron chi connectivity index (χ3n) is 12.4. The smallest absolute Gasteiger partial charge is 0.116 e. The quantitative estimate of drug-likeness (QED) is 0.162. The molecular formula is C50H39NSSi2. The van der Waals surface area contributed by atoms with E-state index in [1.54, 1.807) is 5.19 Å². The van der Waals surface area contributed by atoms with Crippen LogP contribution in [0.1, 0.15) is 0 Å². The Hall–Kier alpha value is -5.53. The van der Waals surface area contributed by atoms with Gasteiger partial charge in [0.1, 0.15) is 16.1 Å². The maximum absolute atomic E-state index is 2.58. The maximum Gasteiger partial charge on any atom is 0.116 e. The molecule has 0 amide bonds. The van der Waals surface area contributed by atoms with Crippen LogP contribution in [0, 0.1) is 0 Å². The molecule has 0 unspecified atom stereocenters. The van der Waals surface area contributed by atoms with E-state index in [1.807, 2.05) is 11.3 Å². The second-order valence-electron chi connectivity index (χ2n) is 16.1. The first-order valence-corrected chi connectivity index (χ1v) is 25.8. The number of fused-ring (bicyclic) bond motifs is 11. The largest absolute Gasteiger partial charge is 0.311 e. The molecule has 2 aliphatic heterocycles. The lowest BCUT2D eigenvalue weighted by molar-refractivity contribution is 1.30. The summed E-state index contributed by atoms with van der Waals surface area (Å²) in [6, 6.07) is 62.1. The van der Waals surface area contributed by atoms with Crippen molar-refractivity contribution in [3.8, 4) is 33.4 Å². The van der Waals surface area contributed by atoms with Crippen LogP contribution in [0.15, 0.2) is 164 Å². The van der Waals surface area contributed by atoms with Gasteiger partial charge in [-0.05, 0) is 113 Å². The second-order valence-corrected chi connectivity index (χ2v) is 25.8. The van der Waals surface area contributed by atoms with Gasteiger partial charge < -0.3 is 4.90 Å². The van der Waals surface area contributed by atoms with E-state index in [9.17, 15) is 0 Å². The SMILES string of the molecule is C[Si]1(C)c2cc(N(c3ccc(-c4ccc5ccccc5c4)cc3)c3cccc4c3[Si](C)(C)c3ccccc3-4)ccc2-c2c1ccc1sc3ccccc3c21. The molecule has 0 saturated heterocycles. The summed E-state index contributed by atoms with van der Waals surface area (Å²) in [5.41, 5.74) is 11.9. The molecule has 0 radical (unpaired) electrons. The monoisotopic (exact) mass is 741 g/mol. The maximum atomic E-state index is 2.58. The third-order valence-corrected chi connectivity index (χ3v) is 20.6. The van der Waals surface area contributed by atoms with E-state index in [-0.39, 0.29) is 0 Å². The van der Waals surface area contributed by atoms with Crippen molar-refractivity contribution in [2.45, 2.75) is 26.2 Å². The number of nitrogens with zero attached hydrogens (tertiary/aromatic N) is 1. The van der Waals surface area contributed by atoms with Crippen LogP contribution in [0.25, 0.3) is 64.3 Å². The summed E-state index contributed by atoms with van der Waals surface area (Å²) >= 11 is 1.92. The van der Waals surface area contributed by atoms with E-state index in [4.69, 9.17) is 0 Å². The van der Waals surface area contributed by atoms with Gasteiger partial charge in [0.2, 0.25) is 0 Å². The molecule has 0 aliphatic carbocycles. The number of hydrogen-bond donors (Lipinski definition) is 0. The van der Waals surface area contributed by atoms with Gasteiger partial charge in [-0.2, -0.15) is 0 Å². The molecule has 1 nitrogen and oxygen atoms in total. The summed E-state index contributed by atoms with van der Waals surface area (Å²) < 4.78 is 2.76. The van der Waals surface area contributed by atoms with Crippen molar-refractivity contribution in [3.05, 3.63) is 164 Å². The minimum atomic E-state index is -2.03. The summed E-state index contributed by atoms with van der Waals surface area (Å²) in [5, 5.41) is 11.5. The molecular weight excluding hydrogens is 703 g/mol. The normalized spacial score (nSPS) is 14.6. The van der Waals surface area contributed by atoms with Gasteiger partial charge in [-0.15, -0.1) is 11.3 Å². The highest BCUT2D eigenvalue weighted by Crippen LogP contribution is 2.45. The lowest BCUT2D eigenvalue weighted by atomic mass is 9.98. The Bertz CT molecular complexity index is 3010. The summed E-state index contributed by atoms with van der Waals surface area (Å²) in [6.07, 6.45) is 0. The number of anilines is 3. The third kappa shape index (κ3) is 4.48. The van der Waals surface area contributed by atoms with E-state index in [2.05, 4.69) is 195 Å². The minimum absolute atomic E-state index is 1.19. The topological polar surface area (TPSA) is 3.24 Å². The fraction of sp³-hybridized carbons (Fsp3) is 0.0800. The van der Waals surface area contributed by atoms with Crippen LogP contribution in [0.3, 0.4) is 0 Å². The first-order valence-electron chi connectivity index (χ1n) is 19.0. The molecule has 8 aromatic carbocycles. The highest BCUT2D eigenvalue weighted by atomic mass is 32.1. The van der Waals surface area contributed by atoms with Crippen molar-refractivity contribution in [2.75, 3.05) is 4.90 Å². The van der Waals surface area contributed by atoms with Gasteiger partial charge in [0.05, 0.1) is 0 Å². The molecule has 54 heavy (non-hydrogen) atoms. The first-order chi connectivity index (χ1) is 26.3. The van der Waals surface area contributed by atoms with Crippen molar-refractivity contribution in [2.24, 2.45) is 0 Å². The van der Waals surface area contributed by atoms with Crippen molar-refractivity contribution in [3.63, 3.8) is 0 Å². The standard InChI is InChI=1S/C50H39NSSi2/c1-53(2)46-29-28-44-48(40-15-7-9-18-43(40)52-44)49(46)41-27-26-37(31-47(41)53)51(42-17-11-16-39-38-14-8-10-19-45(38)54(3,4)50(39)42)36-24-22-33(23-25-36)35-21-20-32-12-5-6-13-34(32)30-35/h5-31H,1-4H3. The Labute approximate surface area is 322 Å². The van der Waals surface area contributed by atoms with Crippen LogP contribution < -0.4 is 25.6 Å². The van der Waals surface area contributed by atoms with Crippen LogP contribution in [-0.4, -0.2) is 16.1 Å². The van der Waals surface area contributed by atoms with Crippen LogP contribution in [0.4, 0.5) is 17.1 Å². The Kier molecular flexibility index (Phi) is 6.80. The summed E-state index contributed by atoms with van der Waals surface area (Å²) in [6.45, 7) is 10.2. The van der Waals surface area contributed by atoms with E-state index < -0.39 is 16.1 Å². The Morgan fingerprint density at radius 2 is 1.17 bits per heavy atom. The van der Waals surface area contributed by atoms with Crippen LogP contribution >= 0.6 is 11.3 Å². The highest BCUT2D eigenvalue weighted by Gasteiger charge is 2.42. The molecule has 0 fully saturated rings. The highest BCUT2D eigenvalue weighted by molar-refractivity contribution is 7.26. The van der Waals surface area contributed by atoms with E-state index in [0.717, 1.165) is 0 Å². The van der Waals surface area contributed by atoms with Gasteiger partial charge in [0, 0.05) is 37.2 Å². The molecule has 0 saturated carbocycles. The summed E-state index contributed by atoms with van der Waals surface area (Å²) in [4.78, 5) is 2.58. The van der Waals surface area contributed by atoms with Crippen molar-refractivity contribution in [1.29, 1.82) is 0 Å². The predicted octanol–water partition coefficient (Wildman–Crippen LogP) is 12.0.